The maximum atomic E-state index is 8.93. The Hall–Kier alpha value is -1.86. The lowest BCUT2D eigenvalue weighted by atomic mass is 10.3. The van der Waals surface area contributed by atoms with E-state index in [0.717, 1.165) is 43.0 Å². The summed E-state index contributed by atoms with van der Waals surface area (Å²) >= 11 is 0. The second kappa shape index (κ2) is 6.35. The molecule has 0 atom stereocenters. The van der Waals surface area contributed by atoms with Crippen molar-refractivity contribution in [3.05, 3.63) is 30.1 Å². The van der Waals surface area contributed by atoms with Crippen LogP contribution in [0.15, 0.2) is 24.3 Å². The maximum Gasteiger partial charge on any atom is 0.124 e. The molecule has 2 aromatic rings. The minimum absolute atomic E-state index is 0.368. The quantitative estimate of drug-likeness (QED) is 0.797. The Morgan fingerprint density at radius 1 is 1.26 bits per heavy atom. The van der Waals surface area contributed by atoms with Gasteiger partial charge in [-0.05, 0) is 25.2 Å². The van der Waals surface area contributed by atoms with Crippen molar-refractivity contribution in [2.45, 2.75) is 26.8 Å². The third kappa shape index (κ3) is 2.94. The Balaban J connectivity index is 2.29. The van der Waals surface area contributed by atoms with Crippen molar-refractivity contribution in [1.29, 1.82) is 5.26 Å². The van der Waals surface area contributed by atoms with Crippen LogP contribution >= 0.6 is 0 Å². The van der Waals surface area contributed by atoms with Crippen LogP contribution in [-0.2, 0) is 13.0 Å². The Bertz CT molecular complexity index is 575. The summed E-state index contributed by atoms with van der Waals surface area (Å²) < 4.78 is 2.18. The van der Waals surface area contributed by atoms with E-state index in [1.807, 2.05) is 18.2 Å². The minimum Gasteiger partial charge on any atom is -0.326 e. The van der Waals surface area contributed by atoms with Crippen molar-refractivity contribution in [2.75, 3.05) is 19.6 Å². The molecule has 0 aliphatic heterocycles. The average molecular weight is 256 g/mol. The zero-order valence-corrected chi connectivity index (χ0v) is 11.6. The molecule has 0 N–H and O–H groups in total. The molecule has 0 saturated heterocycles. The van der Waals surface area contributed by atoms with Gasteiger partial charge in [0, 0.05) is 13.1 Å². The maximum absolute atomic E-state index is 8.93. The fraction of sp³-hybridized carbons (Fsp3) is 0.467. The summed E-state index contributed by atoms with van der Waals surface area (Å²) in [7, 11) is 0. The Morgan fingerprint density at radius 2 is 2.00 bits per heavy atom. The SMILES string of the molecule is CCN(CC)CCn1c(CC#N)nc2ccccc21. The lowest BCUT2D eigenvalue weighted by Gasteiger charge is -2.19. The van der Waals surface area contributed by atoms with Crippen LogP contribution in [0.1, 0.15) is 19.7 Å². The van der Waals surface area contributed by atoms with E-state index in [0.29, 0.717) is 6.42 Å². The molecule has 1 aromatic heterocycles. The Labute approximate surface area is 114 Å². The van der Waals surface area contributed by atoms with Gasteiger partial charge < -0.3 is 9.47 Å². The first kappa shape index (κ1) is 13.6. The molecule has 0 aliphatic carbocycles. The van der Waals surface area contributed by atoms with Crippen molar-refractivity contribution in [1.82, 2.24) is 14.5 Å². The molecule has 0 amide bonds. The number of rotatable bonds is 6. The predicted octanol–water partition coefficient (Wildman–Crippen LogP) is 2.44. The van der Waals surface area contributed by atoms with Crippen LogP contribution in [0.2, 0.25) is 0 Å². The van der Waals surface area contributed by atoms with Crippen molar-refractivity contribution in [3.63, 3.8) is 0 Å². The average Bonchev–Trinajstić information content (AvgIpc) is 2.78. The van der Waals surface area contributed by atoms with Crippen LogP contribution in [0.4, 0.5) is 0 Å². The molecule has 100 valence electrons. The van der Waals surface area contributed by atoms with Gasteiger partial charge in [0.2, 0.25) is 0 Å². The second-order valence-corrected chi connectivity index (χ2v) is 4.53. The van der Waals surface area contributed by atoms with Crippen molar-refractivity contribution >= 4 is 11.0 Å². The molecule has 0 radical (unpaired) electrons. The highest BCUT2D eigenvalue weighted by Gasteiger charge is 2.10. The third-order valence-electron chi connectivity index (χ3n) is 3.51. The van der Waals surface area contributed by atoms with Gasteiger partial charge in [-0.15, -0.1) is 0 Å². The van der Waals surface area contributed by atoms with Crippen LogP contribution in [0.3, 0.4) is 0 Å². The van der Waals surface area contributed by atoms with Gasteiger partial charge in [0.05, 0.1) is 23.5 Å². The second-order valence-electron chi connectivity index (χ2n) is 4.53. The summed E-state index contributed by atoms with van der Waals surface area (Å²) in [6.45, 7) is 8.33. The fourth-order valence-corrected chi connectivity index (χ4v) is 2.36. The molecule has 4 nitrogen and oxygen atoms in total. The summed E-state index contributed by atoms with van der Waals surface area (Å²) in [5, 5.41) is 8.93. The molecule has 0 spiro atoms. The van der Waals surface area contributed by atoms with Gasteiger partial charge in [0.25, 0.3) is 0 Å². The molecule has 0 unspecified atom stereocenters. The number of para-hydroxylation sites is 2. The standard InChI is InChI=1S/C15H20N4/c1-3-18(4-2)11-12-19-14-8-6-5-7-13(14)17-15(19)9-10-16/h5-8H,3-4,9,11-12H2,1-2H3. The van der Waals surface area contributed by atoms with Crippen LogP contribution in [0, 0.1) is 11.3 Å². The molecule has 0 bridgehead atoms. The monoisotopic (exact) mass is 256 g/mol. The molecular weight excluding hydrogens is 236 g/mol. The van der Waals surface area contributed by atoms with Gasteiger partial charge in [-0.1, -0.05) is 26.0 Å². The van der Waals surface area contributed by atoms with E-state index in [-0.39, 0.29) is 0 Å². The van der Waals surface area contributed by atoms with Gasteiger partial charge in [0.15, 0.2) is 0 Å². The number of hydrogen-bond acceptors (Lipinski definition) is 3. The fourth-order valence-electron chi connectivity index (χ4n) is 2.36. The molecule has 1 aromatic carbocycles. The summed E-state index contributed by atoms with van der Waals surface area (Å²) in [6, 6.07) is 10.3. The Morgan fingerprint density at radius 3 is 2.68 bits per heavy atom. The van der Waals surface area contributed by atoms with E-state index in [9.17, 15) is 0 Å². The lowest BCUT2D eigenvalue weighted by molar-refractivity contribution is 0.291. The molecule has 4 heteroatoms. The van der Waals surface area contributed by atoms with E-state index in [1.54, 1.807) is 0 Å². The zero-order valence-electron chi connectivity index (χ0n) is 11.6. The third-order valence-corrected chi connectivity index (χ3v) is 3.51. The highest BCUT2D eigenvalue weighted by molar-refractivity contribution is 5.75. The van der Waals surface area contributed by atoms with Crippen molar-refractivity contribution < 1.29 is 0 Å². The van der Waals surface area contributed by atoms with Gasteiger partial charge in [-0.3, -0.25) is 0 Å². The van der Waals surface area contributed by atoms with Gasteiger partial charge >= 0.3 is 0 Å². The number of fused-ring (bicyclic) bond motifs is 1. The number of benzene rings is 1. The van der Waals surface area contributed by atoms with Crippen LogP contribution in [-0.4, -0.2) is 34.1 Å². The predicted molar refractivity (Wildman–Crippen MR) is 76.8 cm³/mol. The smallest absolute Gasteiger partial charge is 0.124 e. The first-order valence-electron chi connectivity index (χ1n) is 6.83. The van der Waals surface area contributed by atoms with Gasteiger partial charge in [0.1, 0.15) is 5.82 Å². The van der Waals surface area contributed by atoms with Crippen molar-refractivity contribution in [3.8, 4) is 6.07 Å². The number of nitriles is 1. The van der Waals surface area contributed by atoms with Gasteiger partial charge in [-0.2, -0.15) is 5.26 Å². The number of aromatic nitrogens is 2. The van der Waals surface area contributed by atoms with E-state index in [1.165, 1.54) is 0 Å². The highest BCUT2D eigenvalue weighted by Crippen LogP contribution is 2.16. The molecule has 0 fully saturated rings. The topological polar surface area (TPSA) is 44.9 Å². The van der Waals surface area contributed by atoms with Crippen LogP contribution < -0.4 is 0 Å². The van der Waals surface area contributed by atoms with E-state index in [4.69, 9.17) is 5.26 Å². The first-order valence-corrected chi connectivity index (χ1v) is 6.83. The highest BCUT2D eigenvalue weighted by atomic mass is 15.2. The summed E-state index contributed by atoms with van der Waals surface area (Å²) in [5.41, 5.74) is 2.10. The molecule has 0 saturated carbocycles. The number of nitrogens with zero attached hydrogens (tertiary/aromatic N) is 4. The lowest BCUT2D eigenvalue weighted by Crippen LogP contribution is -2.27. The molecular formula is C15H20N4. The molecule has 19 heavy (non-hydrogen) atoms. The summed E-state index contributed by atoms with van der Waals surface area (Å²) in [4.78, 5) is 6.93. The minimum atomic E-state index is 0.368. The summed E-state index contributed by atoms with van der Waals surface area (Å²) in [6.07, 6.45) is 0.368. The molecule has 0 aliphatic rings. The normalized spacial score (nSPS) is 11.1. The number of hydrogen-bond donors (Lipinski definition) is 0. The largest absolute Gasteiger partial charge is 0.326 e. The van der Waals surface area contributed by atoms with E-state index in [2.05, 4.69) is 40.4 Å². The van der Waals surface area contributed by atoms with E-state index >= 15 is 0 Å². The zero-order chi connectivity index (χ0) is 13.7. The molecule has 1 heterocycles. The van der Waals surface area contributed by atoms with Crippen LogP contribution in [0.5, 0.6) is 0 Å². The van der Waals surface area contributed by atoms with Gasteiger partial charge in [-0.25, -0.2) is 4.98 Å². The molecule has 2 rings (SSSR count). The first-order chi connectivity index (χ1) is 9.30. The Kier molecular flexibility index (Phi) is 4.53. The van der Waals surface area contributed by atoms with Crippen molar-refractivity contribution in [2.24, 2.45) is 0 Å². The van der Waals surface area contributed by atoms with Crippen LogP contribution in [0.25, 0.3) is 11.0 Å². The van der Waals surface area contributed by atoms with E-state index < -0.39 is 0 Å². The number of likely N-dealkylation sites (N-methyl/N-ethyl adjacent to an activating group) is 1. The summed E-state index contributed by atoms with van der Waals surface area (Å²) in [5.74, 6) is 0.871. The number of imidazole rings is 1.